The van der Waals surface area contributed by atoms with Crippen LogP contribution in [0.2, 0.25) is 0 Å². The summed E-state index contributed by atoms with van der Waals surface area (Å²) in [6.07, 6.45) is -2.27. The van der Waals surface area contributed by atoms with E-state index in [9.17, 15) is 19.2 Å². The van der Waals surface area contributed by atoms with E-state index in [0.717, 1.165) is 0 Å². The van der Waals surface area contributed by atoms with E-state index in [1.807, 2.05) is 0 Å². The molecule has 0 aliphatic carbocycles. The van der Waals surface area contributed by atoms with Gasteiger partial charge >= 0.3 is 23.9 Å². The first kappa shape index (κ1) is 8.54. The van der Waals surface area contributed by atoms with E-state index in [2.05, 4.69) is 9.47 Å². The number of hydrogen-bond acceptors (Lipinski definition) is 7. The molecule has 0 spiro atoms. The molecule has 0 aromatic heterocycles. The average molecular weight is 212 g/mol. The highest BCUT2D eigenvalue weighted by Crippen LogP contribution is 2.42. The minimum Gasteiger partial charge on any atom is -0.391 e. The van der Waals surface area contributed by atoms with Gasteiger partial charge in [-0.3, -0.25) is 9.59 Å². The number of rotatable bonds is 0. The number of esters is 4. The molecule has 3 rings (SSSR count). The lowest BCUT2D eigenvalue weighted by atomic mass is 9.90. The minimum absolute atomic E-state index is 0.829. The quantitative estimate of drug-likeness (QED) is 0.343. The molecule has 0 radical (unpaired) electrons. The molecule has 7 heteroatoms. The first-order valence-electron chi connectivity index (χ1n) is 4.26. The van der Waals surface area contributed by atoms with Crippen molar-refractivity contribution in [1.82, 2.24) is 0 Å². The van der Waals surface area contributed by atoms with Crippen LogP contribution >= 0.6 is 0 Å². The van der Waals surface area contributed by atoms with Gasteiger partial charge in [-0.1, -0.05) is 0 Å². The van der Waals surface area contributed by atoms with E-state index in [4.69, 9.17) is 4.74 Å². The number of carbonyl (C=O) groups excluding carboxylic acids is 4. The number of hydrogen-bond donors (Lipinski definition) is 0. The maximum atomic E-state index is 11.2. The highest BCUT2D eigenvalue weighted by Gasteiger charge is 2.66. The maximum absolute atomic E-state index is 11.2. The fourth-order valence-electron chi connectivity index (χ4n) is 2.10. The second-order valence-corrected chi connectivity index (χ2v) is 3.51. The van der Waals surface area contributed by atoms with Crippen molar-refractivity contribution in [2.24, 2.45) is 11.8 Å². The van der Waals surface area contributed by atoms with Gasteiger partial charge in [0.2, 0.25) is 0 Å². The highest BCUT2D eigenvalue weighted by atomic mass is 16.7. The summed E-state index contributed by atoms with van der Waals surface area (Å²) in [6.45, 7) is 0. The van der Waals surface area contributed by atoms with E-state index in [-0.39, 0.29) is 0 Å². The first-order valence-corrected chi connectivity index (χ1v) is 4.26. The van der Waals surface area contributed by atoms with Gasteiger partial charge in [-0.15, -0.1) is 0 Å². The molecule has 3 aliphatic rings. The molecule has 7 nitrogen and oxygen atoms in total. The van der Waals surface area contributed by atoms with E-state index in [0.29, 0.717) is 0 Å². The Hall–Kier alpha value is -1.76. The lowest BCUT2D eigenvalue weighted by Gasteiger charge is -2.03. The maximum Gasteiger partial charge on any atom is 0.343 e. The second kappa shape index (κ2) is 2.43. The molecular formula is C8H4O7. The molecule has 0 bridgehead atoms. The van der Waals surface area contributed by atoms with Crippen LogP contribution in [0.25, 0.3) is 0 Å². The third kappa shape index (κ3) is 0.878. The zero-order valence-corrected chi connectivity index (χ0v) is 7.17. The summed E-state index contributed by atoms with van der Waals surface area (Å²) in [6, 6.07) is 0. The molecule has 78 valence electrons. The van der Waals surface area contributed by atoms with Gasteiger partial charge in [-0.2, -0.15) is 0 Å². The van der Waals surface area contributed by atoms with Gasteiger partial charge in [0, 0.05) is 0 Å². The normalized spacial score (nSPS) is 42.7. The van der Waals surface area contributed by atoms with Crippen molar-refractivity contribution in [2.45, 2.75) is 12.2 Å². The topological polar surface area (TPSA) is 96.0 Å². The van der Waals surface area contributed by atoms with Crippen LogP contribution in [0.3, 0.4) is 0 Å². The molecule has 0 N–H and O–H groups in total. The Balaban J connectivity index is 2.03. The van der Waals surface area contributed by atoms with Gasteiger partial charge in [0.15, 0.2) is 12.2 Å². The fraction of sp³-hybridized carbons (Fsp3) is 0.500. The van der Waals surface area contributed by atoms with Gasteiger partial charge in [-0.25, -0.2) is 9.59 Å². The average Bonchev–Trinajstić information content (AvgIpc) is 2.72. The van der Waals surface area contributed by atoms with Crippen LogP contribution in [-0.4, -0.2) is 36.1 Å². The zero-order chi connectivity index (χ0) is 10.7. The minimum atomic E-state index is -1.13. The van der Waals surface area contributed by atoms with Crippen LogP contribution in [0.5, 0.6) is 0 Å². The van der Waals surface area contributed by atoms with Crippen molar-refractivity contribution in [3.63, 3.8) is 0 Å². The molecular weight excluding hydrogens is 208 g/mol. The van der Waals surface area contributed by atoms with Gasteiger partial charge < -0.3 is 14.2 Å². The Morgan fingerprint density at radius 3 is 1.47 bits per heavy atom. The Bertz CT molecular complexity index is 373. The second-order valence-electron chi connectivity index (χ2n) is 3.51. The van der Waals surface area contributed by atoms with Crippen LogP contribution in [-0.2, 0) is 33.4 Å². The van der Waals surface area contributed by atoms with Crippen LogP contribution in [0.1, 0.15) is 0 Å². The highest BCUT2D eigenvalue weighted by molar-refractivity contribution is 6.07. The Morgan fingerprint density at radius 1 is 0.667 bits per heavy atom. The molecule has 3 fully saturated rings. The summed E-state index contributed by atoms with van der Waals surface area (Å²) < 4.78 is 13.6. The smallest absolute Gasteiger partial charge is 0.343 e. The summed E-state index contributed by atoms with van der Waals surface area (Å²) in [5, 5.41) is 0. The number of ether oxygens (including phenoxy) is 3. The van der Waals surface area contributed by atoms with Crippen LogP contribution < -0.4 is 0 Å². The predicted octanol–water partition coefficient (Wildman–Crippen LogP) is -1.85. The molecule has 3 aliphatic heterocycles. The molecule has 3 heterocycles. The van der Waals surface area contributed by atoms with Crippen LogP contribution in [0.15, 0.2) is 0 Å². The van der Waals surface area contributed by atoms with Crippen molar-refractivity contribution in [2.75, 3.05) is 0 Å². The number of carbonyl (C=O) groups is 4. The monoisotopic (exact) mass is 212 g/mol. The summed E-state index contributed by atoms with van der Waals surface area (Å²) >= 11 is 0. The van der Waals surface area contributed by atoms with Gasteiger partial charge in [-0.05, 0) is 0 Å². The van der Waals surface area contributed by atoms with Gasteiger partial charge in [0.25, 0.3) is 0 Å². The molecule has 0 aromatic carbocycles. The molecule has 4 atom stereocenters. The van der Waals surface area contributed by atoms with Crippen LogP contribution in [0.4, 0.5) is 0 Å². The summed E-state index contributed by atoms with van der Waals surface area (Å²) in [4.78, 5) is 44.6. The van der Waals surface area contributed by atoms with Crippen molar-refractivity contribution >= 4 is 23.9 Å². The summed E-state index contributed by atoms with van der Waals surface area (Å²) in [5.41, 5.74) is 0. The lowest BCUT2D eigenvalue weighted by Crippen LogP contribution is -2.27. The van der Waals surface area contributed by atoms with Gasteiger partial charge in [0.05, 0.1) is 0 Å². The zero-order valence-electron chi connectivity index (χ0n) is 7.17. The van der Waals surface area contributed by atoms with E-state index in [1.54, 1.807) is 0 Å². The summed E-state index contributed by atoms with van der Waals surface area (Å²) in [5.74, 6) is -5.41. The molecule has 3 saturated heterocycles. The van der Waals surface area contributed by atoms with E-state index >= 15 is 0 Å². The van der Waals surface area contributed by atoms with Crippen LogP contribution in [0, 0.1) is 11.8 Å². The number of cyclic esters (lactones) is 4. The Labute approximate surface area is 82.3 Å². The number of fused-ring (bicyclic) bond motifs is 3. The third-order valence-corrected chi connectivity index (χ3v) is 2.74. The Morgan fingerprint density at radius 2 is 1.07 bits per heavy atom. The molecule has 0 saturated carbocycles. The Kier molecular flexibility index (Phi) is 1.38. The standard InChI is InChI=1S/C8H4O7/c9-5-1-2-4(8(12)15-6(2)10)13-3(1)7(11)14-5/h1-4H/t1-,2-,3+,4+/m1/s1. The van der Waals surface area contributed by atoms with Crippen molar-refractivity contribution in [3.8, 4) is 0 Å². The largest absolute Gasteiger partial charge is 0.391 e. The molecule has 0 amide bonds. The van der Waals surface area contributed by atoms with E-state index in [1.165, 1.54) is 0 Å². The third-order valence-electron chi connectivity index (χ3n) is 2.74. The SMILES string of the molecule is O=C1OC(=O)[C@H]2O[C@@H]3C(=O)OC(=O)[C@@H]3[C@@H]12. The predicted molar refractivity (Wildman–Crippen MR) is 37.8 cm³/mol. The van der Waals surface area contributed by atoms with Crippen molar-refractivity contribution < 1.29 is 33.4 Å². The lowest BCUT2D eigenvalue weighted by molar-refractivity contribution is -0.160. The molecule has 0 aromatic rings. The first-order chi connectivity index (χ1) is 7.09. The van der Waals surface area contributed by atoms with Crippen molar-refractivity contribution in [1.29, 1.82) is 0 Å². The molecule has 0 unspecified atom stereocenters. The fourth-order valence-corrected chi connectivity index (χ4v) is 2.10. The van der Waals surface area contributed by atoms with Crippen molar-refractivity contribution in [3.05, 3.63) is 0 Å². The van der Waals surface area contributed by atoms with Gasteiger partial charge in [0.1, 0.15) is 11.8 Å². The molecule has 15 heavy (non-hydrogen) atoms. The summed E-state index contributed by atoms with van der Waals surface area (Å²) in [7, 11) is 0. The van der Waals surface area contributed by atoms with E-state index < -0.39 is 47.9 Å².